The van der Waals surface area contributed by atoms with E-state index in [1.165, 1.54) is 44.2 Å². The van der Waals surface area contributed by atoms with Crippen molar-refractivity contribution in [3.05, 3.63) is 53.0 Å². The van der Waals surface area contributed by atoms with Gasteiger partial charge >= 0.3 is 5.97 Å². The number of anilines is 2. The van der Waals surface area contributed by atoms with Crippen molar-refractivity contribution >= 4 is 49.2 Å². The first-order chi connectivity index (χ1) is 12.1. The lowest BCUT2D eigenvalue weighted by Crippen LogP contribution is -2.43. The average Bonchev–Trinajstić information content (AvgIpc) is 2.56. The van der Waals surface area contributed by atoms with E-state index >= 15 is 0 Å². The molecule has 2 aromatic rings. The molecular formula is C17H17BrN2O5S. The standard InChI is InChI=1S/C17H17BrN2O5S/c1-11(17(22)23)20(16-6-4-3-5-15(16)18)26(24,25)14-9-7-13(8-10-14)19-12(2)21/h3-11H,1-2H3,(H,19,21)(H,22,23). The summed E-state index contributed by atoms with van der Waals surface area (Å²) in [5.74, 6) is -1.56. The Morgan fingerprint density at radius 3 is 2.19 bits per heavy atom. The van der Waals surface area contributed by atoms with Crippen LogP contribution in [0.5, 0.6) is 0 Å². The number of para-hydroxylation sites is 1. The van der Waals surface area contributed by atoms with Gasteiger partial charge < -0.3 is 10.4 Å². The van der Waals surface area contributed by atoms with Gasteiger partial charge in [-0.1, -0.05) is 12.1 Å². The van der Waals surface area contributed by atoms with Gasteiger partial charge in [0.1, 0.15) is 6.04 Å². The topological polar surface area (TPSA) is 104 Å². The number of amides is 1. The first-order valence-corrected chi connectivity index (χ1v) is 9.77. The number of hydrogen-bond acceptors (Lipinski definition) is 4. The lowest BCUT2D eigenvalue weighted by atomic mass is 10.2. The fourth-order valence-corrected chi connectivity index (χ4v) is 4.53. The van der Waals surface area contributed by atoms with Gasteiger partial charge in [0.25, 0.3) is 10.0 Å². The molecule has 0 aromatic heterocycles. The van der Waals surface area contributed by atoms with Gasteiger partial charge in [0.2, 0.25) is 5.91 Å². The van der Waals surface area contributed by atoms with Crippen LogP contribution in [0.15, 0.2) is 57.9 Å². The third kappa shape index (κ3) is 4.23. The quantitative estimate of drug-likeness (QED) is 0.717. The highest BCUT2D eigenvalue weighted by atomic mass is 79.9. The summed E-state index contributed by atoms with van der Waals surface area (Å²) in [5.41, 5.74) is 0.656. The van der Waals surface area contributed by atoms with Crippen LogP contribution in [0.4, 0.5) is 11.4 Å². The maximum atomic E-state index is 13.1. The Balaban J connectivity index is 2.54. The minimum Gasteiger partial charge on any atom is -0.480 e. The number of rotatable bonds is 6. The van der Waals surface area contributed by atoms with Crippen molar-refractivity contribution in [2.75, 3.05) is 9.62 Å². The zero-order valence-corrected chi connectivity index (χ0v) is 16.4. The Hall–Kier alpha value is -2.39. The first kappa shape index (κ1) is 19.9. The van der Waals surface area contributed by atoms with E-state index in [-0.39, 0.29) is 16.5 Å². The van der Waals surface area contributed by atoms with Crippen LogP contribution in [-0.4, -0.2) is 31.4 Å². The van der Waals surface area contributed by atoms with Crippen LogP contribution in [0.1, 0.15) is 13.8 Å². The van der Waals surface area contributed by atoms with Crippen molar-refractivity contribution < 1.29 is 23.1 Å². The highest BCUT2D eigenvalue weighted by Gasteiger charge is 2.34. The molecular weight excluding hydrogens is 424 g/mol. The third-order valence-electron chi connectivity index (χ3n) is 3.53. The second-order valence-electron chi connectivity index (χ2n) is 5.47. The predicted octanol–water partition coefficient (Wildman–Crippen LogP) is 3.08. The summed E-state index contributed by atoms with van der Waals surface area (Å²) < 4.78 is 27.5. The number of carboxylic acid groups (broad SMARTS) is 1. The number of sulfonamides is 1. The number of carboxylic acids is 1. The second kappa shape index (κ2) is 7.88. The summed E-state index contributed by atoms with van der Waals surface area (Å²) in [6.45, 7) is 2.64. The Morgan fingerprint density at radius 2 is 1.69 bits per heavy atom. The Bertz CT molecular complexity index is 928. The predicted molar refractivity (Wildman–Crippen MR) is 102 cm³/mol. The monoisotopic (exact) mass is 440 g/mol. The van der Waals surface area contributed by atoms with Gasteiger partial charge in [-0.2, -0.15) is 0 Å². The second-order valence-corrected chi connectivity index (χ2v) is 8.14. The fraction of sp³-hybridized carbons (Fsp3) is 0.176. The Labute approximate surface area is 159 Å². The minimum absolute atomic E-state index is 0.0875. The summed E-state index contributed by atoms with van der Waals surface area (Å²) in [5, 5.41) is 11.9. The minimum atomic E-state index is -4.16. The number of halogens is 1. The number of aliphatic carboxylic acids is 1. The molecule has 0 aliphatic heterocycles. The van der Waals surface area contributed by atoms with Crippen molar-refractivity contribution in [2.24, 2.45) is 0 Å². The number of hydrogen-bond donors (Lipinski definition) is 2. The molecule has 0 radical (unpaired) electrons. The highest BCUT2D eigenvalue weighted by Crippen LogP contribution is 2.32. The van der Waals surface area contributed by atoms with Gasteiger partial charge in [0.05, 0.1) is 10.6 Å². The smallest absolute Gasteiger partial charge is 0.327 e. The molecule has 1 unspecified atom stereocenters. The Morgan fingerprint density at radius 1 is 1.12 bits per heavy atom. The van der Waals surface area contributed by atoms with Gasteiger partial charge in [-0.15, -0.1) is 0 Å². The molecule has 2 aromatic carbocycles. The van der Waals surface area contributed by atoms with Gasteiger partial charge in [0, 0.05) is 17.1 Å². The molecule has 7 nitrogen and oxygen atoms in total. The summed E-state index contributed by atoms with van der Waals surface area (Å²) in [7, 11) is -4.16. The van der Waals surface area contributed by atoms with Crippen molar-refractivity contribution in [1.29, 1.82) is 0 Å². The molecule has 0 saturated carbocycles. The van der Waals surface area contributed by atoms with Crippen molar-refractivity contribution in [2.45, 2.75) is 24.8 Å². The first-order valence-electron chi connectivity index (χ1n) is 7.54. The van der Waals surface area contributed by atoms with Crippen LogP contribution < -0.4 is 9.62 Å². The zero-order chi connectivity index (χ0) is 19.5. The molecule has 26 heavy (non-hydrogen) atoms. The molecule has 2 rings (SSSR count). The number of benzene rings is 2. The summed E-state index contributed by atoms with van der Waals surface area (Å²) in [6.07, 6.45) is 0. The van der Waals surface area contributed by atoms with E-state index in [1.807, 2.05) is 0 Å². The lowest BCUT2D eigenvalue weighted by molar-refractivity contribution is -0.137. The molecule has 1 amide bonds. The maximum absolute atomic E-state index is 13.1. The van der Waals surface area contributed by atoms with Gasteiger partial charge in [-0.05, 0) is 59.3 Å². The molecule has 138 valence electrons. The van der Waals surface area contributed by atoms with E-state index in [2.05, 4.69) is 21.2 Å². The molecule has 9 heteroatoms. The van der Waals surface area contributed by atoms with E-state index in [9.17, 15) is 23.1 Å². The van der Waals surface area contributed by atoms with E-state index in [4.69, 9.17) is 0 Å². The molecule has 0 fully saturated rings. The SMILES string of the molecule is CC(=O)Nc1ccc(S(=O)(=O)N(c2ccccc2Br)C(C)C(=O)O)cc1. The third-order valence-corrected chi connectivity index (χ3v) is 6.10. The lowest BCUT2D eigenvalue weighted by Gasteiger charge is -2.28. The van der Waals surface area contributed by atoms with Gasteiger partial charge in [0.15, 0.2) is 0 Å². The van der Waals surface area contributed by atoms with Crippen molar-refractivity contribution in [3.8, 4) is 0 Å². The number of carbonyl (C=O) groups excluding carboxylic acids is 1. The molecule has 0 heterocycles. The maximum Gasteiger partial charge on any atom is 0.327 e. The van der Waals surface area contributed by atoms with Crippen LogP contribution in [0, 0.1) is 0 Å². The summed E-state index contributed by atoms with van der Waals surface area (Å²) in [6, 6.07) is 10.7. The Kier molecular flexibility index (Phi) is 6.04. The van der Waals surface area contributed by atoms with Crippen LogP contribution >= 0.6 is 15.9 Å². The van der Waals surface area contributed by atoms with Crippen LogP contribution in [-0.2, 0) is 19.6 Å². The van der Waals surface area contributed by atoms with Crippen molar-refractivity contribution in [3.63, 3.8) is 0 Å². The van der Waals surface area contributed by atoms with E-state index in [1.54, 1.807) is 18.2 Å². The summed E-state index contributed by atoms with van der Waals surface area (Å²) >= 11 is 3.27. The molecule has 0 aliphatic carbocycles. The van der Waals surface area contributed by atoms with Crippen LogP contribution in [0.3, 0.4) is 0 Å². The van der Waals surface area contributed by atoms with Crippen LogP contribution in [0.25, 0.3) is 0 Å². The molecule has 2 N–H and O–H groups in total. The van der Waals surface area contributed by atoms with Gasteiger partial charge in [-0.3, -0.25) is 9.10 Å². The highest BCUT2D eigenvalue weighted by molar-refractivity contribution is 9.10. The molecule has 1 atom stereocenters. The van der Waals surface area contributed by atoms with Crippen LogP contribution in [0.2, 0.25) is 0 Å². The molecule has 0 saturated heterocycles. The normalized spacial score (nSPS) is 12.3. The van der Waals surface area contributed by atoms with E-state index in [0.717, 1.165) is 4.31 Å². The number of nitrogens with zero attached hydrogens (tertiary/aromatic N) is 1. The largest absolute Gasteiger partial charge is 0.480 e. The van der Waals surface area contributed by atoms with Crippen molar-refractivity contribution in [1.82, 2.24) is 0 Å². The van der Waals surface area contributed by atoms with E-state index < -0.39 is 22.0 Å². The molecule has 0 aliphatic rings. The number of carbonyl (C=O) groups is 2. The zero-order valence-electron chi connectivity index (χ0n) is 14.0. The number of nitrogens with one attached hydrogen (secondary N) is 1. The van der Waals surface area contributed by atoms with E-state index in [0.29, 0.717) is 10.2 Å². The molecule has 0 spiro atoms. The summed E-state index contributed by atoms with van der Waals surface area (Å²) in [4.78, 5) is 22.5. The van der Waals surface area contributed by atoms with Gasteiger partial charge in [-0.25, -0.2) is 13.2 Å². The average molecular weight is 441 g/mol. The molecule has 0 bridgehead atoms. The fourth-order valence-electron chi connectivity index (χ4n) is 2.30.